The summed E-state index contributed by atoms with van der Waals surface area (Å²) in [5, 5.41) is 0.951. The fraction of sp³-hybridized carbons (Fsp3) is 0.778. The maximum absolute atomic E-state index is 11.8. The summed E-state index contributed by atoms with van der Waals surface area (Å²) in [6.45, 7) is 3.44. The summed E-state index contributed by atoms with van der Waals surface area (Å²) in [5.74, 6) is 0.892. The Morgan fingerprint density at radius 1 is 1.60 bits per heavy atom. The molecule has 2 heterocycles. The molecule has 0 spiro atoms. The Morgan fingerprint density at radius 2 is 2.40 bits per heavy atom. The number of ether oxygens (including phenoxy) is 1. The average molecular weight is 231 g/mol. The first-order valence-electron chi connectivity index (χ1n) is 5.08. The van der Waals surface area contributed by atoms with E-state index in [4.69, 9.17) is 4.74 Å². The lowest BCUT2D eigenvalue weighted by Gasteiger charge is -2.38. The summed E-state index contributed by atoms with van der Waals surface area (Å²) in [6.07, 6.45) is 1.03. The minimum absolute atomic E-state index is 0.162. The maximum Gasteiger partial charge on any atom is 0.205 e. The third kappa shape index (κ3) is 2.43. The molecule has 0 N–H and O–H groups in total. The molecule has 0 unspecified atom stereocenters. The number of hydrogen-bond donors (Lipinski definition) is 0. The van der Waals surface area contributed by atoms with Crippen molar-refractivity contribution in [1.82, 2.24) is 9.36 Å². The zero-order valence-electron chi connectivity index (χ0n) is 8.65. The molecule has 84 valence electrons. The first kappa shape index (κ1) is 10.8. The predicted molar refractivity (Wildman–Crippen MR) is 57.2 cm³/mol. The smallest absolute Gasteiger partial charge is 0.205 e. The van der Waals surface area contributed by atoms with Crippen LogP contribution in [0.4, 0.5) is 9.52 Å². The molecular formula is C9H14FN3OS. The van der Waals surface area contributed by atoms with E-state index in [1.54, 1.807) is 0 Å². The Hall–Kier alpha value is -0.750. The first-order valence-corrected chi connectivity index (χ1v) is 5.86. The van der Waals surface area contributed by atoms with Crippen LogP contribution in [0.15, 0.2) is 0 Å². The van der Waals surface area contributed by atoms with Crippen LogP contribution >= 0.6 is 11.5 Å². The third-order valence-electron chi connectivity index (χ3n) is 2.32. The van der Waals surface area contributed by atoms with Crippen LogP contribution in [0, 0.1) is 0 Å². The zero-order valence-corrected chi connectivity index (χ0v) is 9.47. The molecule has 15 heavy (non-hydrogen) atoms. The molecule has 0 atom stereocenters. The standard InChI is InChI=1S/C9H14FN3OS/c1-2-8-11-9(15-12-8)13-5-7(6-13)14-4-3-10/h7H,2-6H2,1H3. The van der Waals surface area contributed by atoms with Crippen LogP contribution in [0.2, 0.25) is 0 Å². The van der Waals surface area contributed by atoms with E-state index in [1.807, 2.05) is 6.92 Å². The Balaban J connectivity index is 1.78. The highest BCUT2D eigenvalue weighted by Gasteiger charge is 2.29. The van der Waals surface area contributed by atoms with Gasteiger partial charge in [-0.25, -0.2) is 9.37 Å². The number of aromatic nitrogens is 2. The monoisotopic (exact) mass is 231 g/mol. The van der Waals surface area contributed by atoms with E-state index in [1.165, 1.54) is 11.5 Å². The molecule has 1 aromatic rings. The van der Waals surface area contributed by atoms with Gasteiger partial charge in [0.1, 0.15) is 12.5 Å². The van der Waals surface area contributed by atoms with Crippen molar-refractivity contribution in [1.29, 1.82) is 0 Å². The molecule has 4 nitrogen and oxygen atoms in total. The molecule has 0 saturated carbocycles. The van der Waals surface area contributed by atoms with E-state index in [9.17, 15) is 4.39 Å². The van der Waals surface area contributed by atoms with Gasteiger partial charge in [-0.05, 0) is 0 Å². The molecule has 0 amide bonds. The number of nitrogens with zero attached hydrogens (tertiary/aromatic N) is 3. The number of alkyl halides is 1. The van der Waals surface area contributed by atoms with E-state index in [0.717, 1.165) is 30.5 Å². The molecule has 0 aliphatic carbocycles. The van der Waals surface area contributed by atoms with Gasteiger partial charge in [-0.3, -0.25) is 0 Å². The SMILES string of the molecule is CCc1nsc(N2CC(OCCF)C2)n1. The molecule has 0 aromatic carbocycles. The van der Waals surface area contributed by atoms with E-state index in [-0.39, 0.29) is 12.7 Å². The molecule has 1 aromatic heterocycles. The van der Waals surface area contributed by atoms with Crippen LogP contribution in [0.25, 0.3) is 0 Å². The van der Waals surface area contributed by atoms with Crippen molar-refractivity contribution in [3.63, 3.8) is 0 Å². The number of halogens is 1. The normalized spacial score (nSPS) is 16.8. The third-order valence-corrected chi connectivity index (χ3v) is 3.14. The second kappa shape index (κ2) is 4.85. The highest BCUT2D eigenvalue weighted by molar-refractivity contribution is 7.09. The van der Waals surface area contributed by atoms with E-state index < -0.39 is 6.67 Å². The summed E-state index contributed by atoms with van der Waals surface area (Å²) in [7, 11) is 0. The van der Waals surface area contributed by atoms with Crippen LogP contribution in [-0.4, -0.2) is 41.8 Å². The predicted octanol–water partition coefficient (Wildman–Crippen LogP) is 1.28. The molecule has 1 fully saturated rings. The van der Waals surface area contributed by atoms with Gasteiger partial charge in [-0.1, -0.05) is 6.92 Å². The van der Waals surface area contributed by atoms with Crippen molar-refractivity contribution >= 4 is 16.7 Å². The van der Waals surface area contributed by atoms with Gasteiger partial charge in [0.15, 0.2) is 0 Å². The van der Waals surface area contributed by atoms with Crippen molar-refractivity contribution in [3.05, 3.63) is 5.82 Å². The topological polar surface area (TPSA) is 38.2 Å². The van der Waals surface area contributed by atoms with Crippen molar-refractivity contribution < 1.29 is 9.13 Å². The number of aryl methyl sites for hydroxylation is 1. The van der Waals surface area contributed by atoms with E-state index >= 15 is 0 Å². The molecule has 0 radical (unpaired) electrons. The Kier molecular flexibility index (Phi) is 3.48. The van der Waals surface area contributed by atoms with Gasteiger partial charge in [-0.15, -0.1) is 0 Å². The van der Waals surface area contributed by atoms with E-state index in [2.05, 4.69) is 14.3 Å². The zero-order chi connectivity index (χ0) is 10.7. The average Bonchev–Trinajstić information content (AvgIpc) is 2.64. The summed E-state index contributed by atoms with van der Waals surface area (Å²) in [6, 6.07) is 0. The van der Waals surface area contributed by atoms with Gasteiger partial charge in [0, 0.05) is 31.0 Å². The molecule has 2 rings (SSSR count). The summed E-state index contributed by atoms with van der Waals surface area (Å²) >= 11 is 1.42. The van der Waals surface area contributed by atoms with Crippen molar-refractivity contribution in [3.8, 4) is 0 Å². The Morgan fingerprint density at radius 3 is 3.00 bits per heavy atom. The van der Waals surface area contributed by atoms with Gasteiger partial charge in [0.25, 0.3) is 0 Å². The summed E-state index contributed by atoms with van der Waals surface area (Å²) in [4.78, 5) is 6.48. The number of anilines is 1. The molecule has 1 saturated heterocycles. The second-order valence-corrected chi connectivity index (χ2v) is 4.16. The first-order chi connectivity index (χ1) is 7.33. The lowest BCUT2D eigenvalue weighted by molar-refractivity contribution is 0.0268. The van der Waals surface area contributed by atoms with Crippen LogP contribution in [-0.2, 0) is 11.2 Å². The van der Waals surface area contributed by atoms with Gasteiger partial charge < -0.3 is 9.64 Å². The second-order valence-electron chi connectivity index (χ2n) is 3.43. The Labute approximate surface area is 92.2 Å². The highest BCUT2D eigenvalue weighted by Crippen LogP contribution is 2.24. The Bertz CT molecular complexity index is 314. The van der Waals surface area contributed by atoms with Crippen LogP contribution in [0.3, 0.4) is 0 Å². The van der Waals surface area contributed by atoms with Crippen LogP contribution in [0.5, 0.6) is 0 Å². The minimum atomic E-state index is -0.407. The minimum Gasteiger partial charge on any atom is -0.372 e. The molecule has 1 aliphatic heterocycles. The number of rotatable bonds is 5. The lowest BCUT2D eigenvalue weighted by atomic mass is 10.2. The lowest BCUT2D eigenvalue weighted by Crippen LogP contribution is -2.52. The van der Waals surface area contributed by atoms with Crippen LogP contribution in [0.1, 0.15) is 12.7 Å². The van der Waals surface area contributed by atoms with Crippen molar-refractivity contribution in [2.24, 2.45) is 0 Å². The van der Waals surface area contributed by atoms with Gasteiger partial charge >= 0.3 is 0 Å². The molecule has 6 heteroatoms. The largest absolute Gasteiger partial charge is 0.372 e. The van der Waals surface area contributed by atoms with Gasteiger partial charge in [0.2, 0.25) is 5.13 Å². The van der Waals surface area contributed by atoms with E-state index in [0.29, 0.717) is 0 Å². The quantitative estimate of drug-likeness (QED) is 0.765. The van der Waals surface area contributed by atoms with Crippen molar-refractivity contribution in [2.45, 2.75) is 19.4 Å². The van der Waals surface area contributed by atoms with Crippen molar-refractivity contribution in [2.75, 3.05) is 31.3 Å². The van der Waals surface area contributed by atoms with Crippen LogP contribution < -0.4 is 4.90 Å². The maximum atomic E-state index is 11.8. The summed E-state index contributed by atoms with van der Waals surface area (Å²) in [5.41, 5.74) is 0. The van der Waals surface area contributed by atoms with Gasteiger partial charge in [0.05, 0.1) is 12.7 Å². The fourth-order valence-corrected chi connectivity index (χ4v) is 2.20. The molecule has 0 bridgehead atoms. The fourth-order valence-electron chi connectivity index (χ4n) is 1.43. The molecule has 1 aliphatic rings. The van der Waals surface area contributed by atoms with Gasteiger partial charge in [-0.2, -0.15) is 4.37 Å². The summed E-state index contributed by atoms with van der Waals surface area (Å²) < 4.78 is 21.3. The molecular weight excluding hydrogens is 217 g/mol. The number of hydrogen-bond acceptors (Lipinski definition) is 5. The highest BCUT2D eigenvalue weighted by atomic mass is 32.1.